The van der Waals surface area contributed by atoms with E-state index in [9.17, 15) is 8.42 Å². The predicted molar refractivity (Wildman–Crippen MR) is 157 cm³/mol. The highest BCUT2D eigenvalue weighted by Crippen LogP contribution is 2.44. The third-order valence-electron chi connectivity index (χ3n) is 6.88. The molecule has 0 unspecified atom stereocenters. The number of aryl methyl sites for hydroxylation is 1. The van der Waals surface area contributed by atoms with Crippen LogP contribution in [-0.2, 0) is 16.6 Å². The first kappa shape index (κ1) is 26.6. The van der Waals surface area contributed by atoms with Crippen LogP contribution in [0.2, 0.25) is 0 Å². The second kappa shape index (κ2) is 10.7. The Morgan fingerprint density at radius 1 is 1.08 bits per heavy atom. The van der Waals surface area contributed by atoms with Gasteiger partial charge in [0, 0.05) is 48.3 Å². The summed E-state index contributed by atoms with van der Waals surface area (Å²) in [5.41, 5.74) is 6.52. The minimum Gasteiger partial charge on any atom is -0.494 e. The van der Waals surface area contributed by atoms with E-state index in [-0.39, 0.29) is 12.1 Å². The number of hydrogen-bond acceptors (Lipinski definition) is 6. The van der Waals surface area contributed by atoms with Crippen molar-refractivity contribution in [3.63, 3.8) is 0 Å². The molecule has 0 bridgehead atoms. The molecular weight excluding hydrogens is 532 g/mol. The Hall–Kier alpha value is -3.96. The molecule has 0 radical (unpaired) electrons. The zero-order valence-corrected chi connectivity index (χ0v) is 23.8. The number of ether oxygens (including phenoxy) is 1. The zero-order chi connectivity index (χ0) is 27.7. The Labute approximate surface area is 233 Å². The van der Waals surface area contributed by atoms with E-state index in [1.807, 2.05) is 36.4 Å². The van der Waals surface area contributed by atoms with Gasteiger partial charge < -0.3 is 19.5 Å². The van der Waals surface area contributed by atoms with Crippen molar-refractivity contribution >= 4 is 38.7 Å². The summed E-state index contributed by atoms with van der Waals surface area (Å²) in [6.07, 6.45) is 6.49. The highest BCUT2D eigenvalue weighted by Gasteiger charge is 2.42. The quantitative estimate of drug-likeness (QED) is 0.303. The lowest BCUT2D eigenvalue weighted by Crippen LogP contribution is -2.29. The Morgan fingerprint density at radius 2 is 1.85 bits per heavy atom. The molecule has 39 heavy (non-hydrogen) atoms. The molecule has 1 fully saturated rings. The smallest absolute Gasteiger partial charge is 0.229 e. The number of anilines is 2. The minimum atomic E-state index is -3.48. The second-order valence-corrected chi connectivity index (χ2v) is 11.7. The maximum Gasteiger partial charge on any atom is 0.229 e. The Morgan fingerprint density at radius 3 is 2.51 bits per heavy atom. The molecule has 0 spiro atoms. The lowest BCUT2D eigenvalue weighted by Gasteiger charge is -2.29. The van der Waals surface area contributed by atoms with Crippen LogP contribution in [0.3, 0.4) is 0 Å². The van der Waals surface area contributed by atoms with Gasteiger partial charge in [0.1, 0.15) is 5.75 Å². The van der Waals surface area contributed by atoms with E-state index in [0.717, 1.165) is 46.7 Å². The van der Waals surface area contributed by atoms with Crippen molar-refractivity contribution in [3.05, 3.63) is 101 Å². The fourth-order valence-corrected chi connectivity index (χ4v) is 6.02. The van der Waals surface area contributed by atoms with Crippen molar-refractivity contribution in [2.45, 2.75) is 32.5 Å². The average Bonchev–Trinajstić information content (AvgIpc) is 3.40. The van der Waals surface area contributed by atoms with Gasteiger partial charge in [0.15, 0.2) is 5.11 Å². The van der Waals surface area contributed by atoms with Gasteiger partial charge in [0.25, 0.3) is 0 Å². The van der Waals surface area contributed by atoms with Gasteiger partial charge in [-0.3, -0.25) is 14.7 Å². The molecule has 1 aliphatic heterocycles. The standard InChI is InChI=1S/C28H30N6O3S2/c1-18-15-22(19(2)33(18)17-20-10-13-29-14-11-20)27-26(24-7-5-6-12-30-24)31-28(38)34(27)21-8-9-23(25(16-21)37-3)32-39(4,35)36/h5-16,26-27,32H,17H2,1-4H3,(H,31,38)/t26-,27-/m1/s1. The molecule has 0 saturated carbocycles. The molecule has 2 atom stereocenters. The zero-order valence-electron chi connectivity index (χ0n) is 22.1. The van der Waals surface area contributed by atoms with Gasteiger partial charge in [-0.2, -0.15) is 0 Å². The summed E-state index contributed by atoms with van der Waals surface area (Å²) in [7, 11) is -1.97. The molecule has 202 valence electrons. The average molecular weight is 563 g/mol. The third kappa shape index (κ3) is 5.45. The molecule has 0 aliphatic carbocycles. The van der Waals surface area contributed by atoms with Crippen molar-refractivity contribution in [1.29, 1.82) is 0 Å². The van der Waals surface area contributed by atoms with Crippen LogP contribution in [0.1, 0.15) is 40.3 Å². The number of benzene rings is 1. The maximum atomic E-state index is 11.9. The van der Waals surface area contributed by atoms with Crippen molar-refractivity contribution in [1.82, 2.24) is 19.9 Å². The van der Waals surface area contributed by atoms with E-state index in [4.69, 9.17) is 17.0 Å². The molecule has 9 nitrogen and oxygen atoms in total. The fraction of sp³-hybridized carbons (Fsp3) is 0.250. The number of pyridine rings is 2. The number of sulfonamides is 1. The first-order valence-electron chi connectivity index (χ1n) is 12.4. The lowest BCUT2D eigenvalue weighted by molar-refractivity contribution is 0.417. The number of methoxy groups -OCH3 is 1. The van der Waals surface area contributed by atoms with Crippen molar-refractivity contribution in [3.8, 4) is 5.75 Å². The number of rotatable bonds is 8. The third-order valence-corrected chi connectivity index (χ3v) is 7.78. The van der Waals surface area contributed by atoms with Crippen molar-refractivity contribution in [2.24, 2.45) is 0 Å². The molecular formula is C28H30N6O3S2. The first-order chi connectivity index (χ1) is 18.7. The predicted octanol–water partition coefficient (Wildman–Crippen LogP) is 4.50. The number of nitrogens with zero attached hydrogens (tertiary/aromatic N) is 4. The van der Waals surface area contributed by atoms with E-state index < -0.39 is 10.0 Å². The second-order valence-electron chi connectivity index (χ2n) is 9.52. The molecule has 1 aliphatic rings. The largest absolute Gasteiger partial charge is 0.494 e. The van der Waals surface area contributed by atoms with Gasteiger partial charge in [-0.1, -0.05) is 6.07 Å². The van der Waals surface area contributed by atoms with E-state index in [1.165, 1.54) is 7.11 Å². The first-order valence-corrected chi connectivity index (χ1v) is 14.7. The maximum absolute atomic E-state index is 11.9. The van der Waals surface area contributed by atoms with E-state index in [2.05, 4.69) is 49.4 Å². The van der Waals surface area contributed by atoms with Crippen LogP contribution in [0.5, 0.6) is 5.75 Å². The van der Waals surface area contributed by atoms with Crippen molar-refractivity contribution in [2.75, 3.05) is 23.0 Å². The highest BCUT2D eigenvalue weighted by atomic mass is 32.2. The van der Waals surface area contributed by atoms with Crippen LogP contribution in [0, 0.1) is 13.8 Å². The Kier molecular flexibility index (Phi) is 7.28. The summed E-state index contributed by atoms with van der Waals surface area (Å²) in [6.45, 7) is 4.95. The summed E-state index contributed by atoms with van der Waals surface area (Å²) in [5, 5.41) is 4.03. The molecule has 4 aromatic rings. The molecule has 11 heteroatoms. The summed E-state index contributed by atoms with van der Waals surface area (Å²) in [5.74, 6) is 0.393. The van der Waals surface area contributed by atoms with Crippen LogP contribution in [0.25, 0.3) is 0 Å². The van der Waals surface area contributed by atoms with E-state index >= 15 is 0 Å². The molecule has 5 rings (SSSR count). The highest BCUT2D eigenvalue weighted by molar-refractivity contribution is 7.92. The van der Waals surface area contributed by atoms with Crippen LogP contribution < -0.4 is 19.7 Å². The lowest BCUT2D eigenvalue weighted by atomic mass is 9.96. The molecule has 1 saturated heterocycles. The minimum absolute atomic E-state index is 0.214. The summed E-state index contributed by atoms with van der Waals surface area (Å²) >= 11 is 5.89. The summed E-state index contributed by atoms with van der Waals surface area (Å²) in [4.78, 5) is 10.8. The van der Waals surface area contributed by atoms with Crippen LogP contribution >= 0.6 is 12.2 Å². The number of nitrogens with one attached hydrogen (secondary N) is 2. The topological polar surface area (TPSA) is 101 Å². The van der Waals surface area contributed by atoms with Crippen LogP contribution in [0.4, 0.5) is 11.4 Å². The van der Waals surface area contributed by atoms with Crippen molar-refractivity contribution < 1.29 is 13.2 Å². The summed E-state index contributed by atoms with van der Waals surface area (Å²) < 4.78 is 34.1. The normalized spacial score (nSPS) is 17.2. The number of thiocarbonyl (C=S) groups is 1. The van der Waals surface area contributed by atoms with E-state index in [0.29, 0.717) is 16.5 Å². The van der Waals surface area contributed by atoms with Crippen LogP contribution in [-0.4, -0.2) is 41.4 Å². The van der Waals surface area contributed by atoms with Gasteiger partial charge in [0.05, 0.1) is 36.8 Å². The Bertz CT molecular complexity index is 1610. The number of aromatic nitrogens is 3. The van der Waals surface area contributed by atoms with Gasteiger partial charge >= 0.3 is 0 Å². The van der Waals surface area contributed by atoms with Gasteiger partial charge in [0.2, 0.25) is 10.0 Å². The fourth-order valence-electron chi connectivity index (χ4n) is 5.10. The molecule has 4 heterocycles. The molecule has 2 N–H and O–H groups in total. The monoisotopic (exact) mass is 562 g/mol. The molecule has 1 aromatic carbocycles. The molecule has 0 amide bonds. The Balaban J connectivity index is 1.62. The van der Waals surface area contributed by atoms with Gasteiger partial charge in [-0.15, -0.1) is 0 Å². The van der Waals surface area contributed by atoms with E-state index in [1.54, 1.807) is 30.7 Å². The van der Waals surface area contributed by atoms with Gasteiger partial charge in [-0.25, -0.2) is 8.42 Å². The summed E-state index contributed by atoms with van der Waals surface area (Å²) in [6, 6.07) is 17.0. The van der Waals surface area contributed by atoms with Gasteiger partial charge in [-0.05, 0) is 79.7 Å². The number of hydrogen-bond donors (Lipinski definition) is 2. The molecule has 3 aromatic heterocycles. The SMILES string of the molecule is COc1cc(N2C(=S)N[C@H](c3ccccn3)[C@H]2c2cc(C)n(Cc3ccncc3)c2C)ccc1NS(C)(=O)=O. The van der Waals surface area contributed by atoms with Crippen LogP contribution in [0.15, 0.2) is 73.2 Å².